The van der Waals surface area contributed by atoms with Crippen LogP contribution in [-0.2, 0) is 16.6 Å². The standard InChI is InChI=1S/C21H24Cl2N4O3/c1-11-16(12(2)26(5)24-11)19(28)17-18(13-6-7-14(22)15(23)10-13)27(9-8-25(3)4)21(30)20(17)29/h6-7,10,18,28H,8-9H2,1-5H3/b19-17+/t18-/m0/s1. The number of carbonyl (C=O) groups excluding carboxylic acids is 2. The van der Waals surface area contributed by atoms with Crippen LogP contribution in [0.4, 0.5) is 0 Å². The smallest absolute Gasteiger partial charge is 0.295 e. The highest BCUT2D eigenvalue weighted by molar-refractivity contribution is 6.47. The number of nitrogens with zero attached hydrogens (tertiary/aromatic N) is 4. The first kappa shape index (κ1) is 22.3. The minimum Gasteiger partial charge on any atom is -0.507 e. The number of aromatic nitrogens is 2. The first-order valence-electron chi connectivity index (χ1n) is 9.43. The summed E-state index contributed by atoms with van der Waals surface area (Å²) in [4.78, 5) is 29.3. The number of hydrogen-bond acceptors (Lipinski definition) is 5. The number of aliphatic hydroxyl groups is 1. The molecule has 2 aromatic rings. The highest BCUT2D eigenvalue weighted by Crippen LogP contribution is 2.41. The fraction of sp³-hybridized carbons (Fsp3) is 0.381. The molecule has 1 aromatic heterocycles. The van der Waals surface area contributed by atoms with Crippen LogP contribution in [0.15, 0.2) is 23.8 Å². The summed E-state index contributed by atoms with van der Waals surface area (Å²) < 4.78 is 1.63. The third-order valence-electron chi connectivity index (χ3n) is 5.33. The van der Waals surface area contributed by atoms with Crippen molar-refractivity contribution in [2.75, 3.05) is 27.2 Å². The van der Waals surface area contributed by atoms with Gasteiger partial charge in [-0.3, -0.25) is 14.3 Å². The van der Waals surface area contributed by atoms with E-state index in [4.69, 9.17) is 23.2 Å². The third-order valence-corrected chi connectivity index (χ3v) is 6.07. The Morgan fingerprint density at radius 1 is 1.20 bits per heavy atom. The zero-order chi connectivity index (χ0) is 22.3. The van der Waals surface area contributed by atoms with Crippen LogP contribution < -0.4 is 0 Å². The molecule has 30 heavy (non-hydrogen) atoms. The molecule has 1 atom stereocenters. The van der Waals surface area contributed by atoms with Crippen molar-refractivity contribution in [1.82, 2.24) is 19.6 Å². The van der Waals surface area contributed by atoms with E-state index in [0.29, 0.717) is 45.6 Å². The van der Waals surface area contributed by atoms with Crippen molar-refractivity contribution in [2.45, 2.75) is 19.9 Å². The molecule has 0 aliphatic carbocycles. The fourth-order valence-electron chi connectivity index (χ4n) is 3.70. The van der Waals surface area contributed by atoms with E-state index < -0.39 is 17.7 Å². The van der Waals surface area contributed by atoms with Gasteiger partial charge in [-0.25, -0.2) is 0 Å². The first-order chi connectivity index (χ1) is 14.0. The molecule has 0 bridgehead atoms. The number of likely N-dealkylation sites (tertiary alicyclic amines) is 1. The Hall–Kier alpha value is -2.35. The van der Waals surface area contributed by atoms with E-state index in [-0.39, 0.29) is 11.3 Å². The van der Waals surface area contributed by atoms with E-state index in [0.717, 1.165) is 0 Å². The number of halogens is 2. The fourth-order valence-corrected chi connectivity index (χ4v) is 4.00. The number of carbonyl (C=O) groups is 2. The summed E-state index contributed by atoms with van der Waals surface area (Å²) in [6, 6.07) is 4.17. The van der Waals surface area contributed by atoms with E-state index in [1.165, 1.54) is 4.90 Å². The molecule has 160 valence electrons. The summed E-state index contributed by atoms with van der Waals surface area (Å²) in [5.41, 5.74) is 2.34. The monoisotopic (exact) mass is 450 g/mol. The maximum Gasteiger partial charge on any atom is 0.295 e. The third kappa shape index (κ3) is 3.85. The number of benzene rings is 1. The van der Waals surface area contributed by atoms with Crippen LogP contribution in [0.1, 0.15) is 28.6 Å². The quantitative estimate of drug-likeness (QED) is 0.429. The van der Waals surface area contributed by atoms with Gasteiger partial charge in [0.25, 0.3) is 11.7 Å². The van der Waals surface area contributed by atoms with E-state index >= 15 is 0 Å². The van der Waals surface area contributed by atoms with Crippen molar-refractivity contribution in [1.29, 1.82) is 0 Å². The second-order valence-corrected chi connectivity index (χ2v) is 8.45. The Balaban J connectivity index is 2.23. The summed E-state index contributed by atoms with van der Waals surface area (Å²) in [5.74, 6) is -1.63. The number of likely N-dealkylation sites (N-methyl/N-ethyl adjacent to an activating group) is 1. The second-order valence-electron chi connectivity index (χ2n) is 7.64. The van der Waals surface area contributed by atoms with Gasteiger partial charge in [-0.1, -0.05) is 29.3 Å². The van der Waals surface area contributed by atoms with Crippen LogP contribution in [0.3, 0.4) is 0 Å². The number of aryl methyl sites for hydroxylation is 2. The molecule has 9 heteroatoms. The van der Waals surface area contributed by atoms with Gasteiger partial charge in [-0.05, 0) is 45.6 Å². The van der Waals surface area contributed by atoms with Crippen LogP contribution in [0.5, 0.6) is 0 Å². The minimum absolute atomic E-state index is 0.0244. The van der Waals surface area contributed by atoms with Crippen LogP contribution in [0.2, 0.25) is 10.0 Å². The van der Waals surface area contributed by atoms with Gasteiger partial charge in [-0.2, -0.15) is 5.10 Å². The minimum atomic E-state index is -0.779. The molecule has 2 heterocycles. The summed E-state index contributed by atoms with van der Waals surface area (Å²) in [7, 11) is 5.52. The predicted octanol–water partition coefficient (Wildman–Crippen LogP) is 3.33. The van der Waals surface area contributed by atoms with Crippen molar-refractivity contribution in [2.24, 2.45) is 7.05 Å². The van der Waals surface area contributed by atoms with Gasteiger partial charge in [0.2, 0.25) is 0 Å². The number of hydrogen-bond donors (Lipinski definition) is 1. The number of aliphatic hydroxyl groups excluding tert-OH is 1. The van der Waals surface area contributed by atoms with Gasteiger partial charge < -0.3 is 14.9 Å². The number of Topliss-reactive ketones (excluding diaryl/α,β-unsaturated/α-hetero) is 1. The van der Waals surface area contributed by atoms with E-state index in [1.54, 1.807) is 43.8 Å². The molecule has 0 unspecified atom stereocenters. The first-order valence-corrected chi connectivity index (χ1v) is 10.2. The van der Waals surface area contributed by atoms with Crippen molar-refractivity contribution in [3.63, 3.8) is 0 Å². The normalized spacial score (nSPS) is 18.7. The molecule has 1 amide bonds. The molecule has 7 nitrogen and oxygen atoms in total. The topological polar surface area (TPSA) is 78.7 Å². The molecule has 1 aliphatic rings. The van der Waals surface area contributed by atoms with Gasteiger partial charge in [0, 0.05) is 25.8 Å². The lowest BCUT2D eigenvalue weighted by Gasteiger charge is -2.26. The highest BCUT2D eigenvalue weighted by Gasteiger charge is 2.46. The lowest BCUT2D eigenvalue weighted by atomic mass is 9.94. The zero-order valence-corrected chi connectivity index (χ0v) is 19.0. The summed E-state index contributed by atoms with van der Waals surface area (Å²) >= 11 is 12.3. The number of ketones is 1. The summed E-state index contributed by atoms with van der Waals surface area (Å²) in [5, 5.41) is 16.2. The number of amides is 1. The molecule has 1 aromatic carbocycles. The predicted molar refractivity (Wildman–Crippen MR) is 117 cm³/mol. The Kier molecular flexibility index (Phi) is 6.26. The van der Waals surface area contributed by atoms with Gasteiger partial charge in [0.15, 0.2) is 0 Å². The molecule has 0 radical (unpaired) electrons. The average molecular weight is 451 g/mol. The highest BCUT2D eigenvalue weighted by atomic mass is 35.5. The van der Waals surface area contributed by atoms with Crippen molar-refractivity contribution in [3.8, 4) is 0 Å². The SMILES string of the molecule is Cc1nn(C)c(C)c1/C(O)=C1\C(=O)C(=O)N(CCN(C)C)[C@H]1c1ccc(Cl)c(Cl)c1. The van der Waals surface area contributed by atoms with E-state index in [2.05, 4.69) is 5.10 Å². The van der Waals surface area contributed by atoms with Gasteiger partial charge >= 0.3 is 0 Å². The van der Waals surface area contributed by atoms with Crippen molar-refractivity contribution < 1.29 is 14.7 Å². The van der Waals surface area contributed by atoms with Crippen LogP contribution in [0, 0.1) is 13.8 Å². The molecular weight excluding hydrogens is 427 g/mol. The molecular formula is C21H24Cl2N4O3. The van der Waals surface area contributed by atoms with E-state index in [9.17, 15) is 14.7 Å². The maximum atomic E-state index is 13.0. The molecule has 1 saturated heterocycles. The zero-order valence-electron chi connectivity index (χ0n) is 17.5. The number of rotatable bonds is 5. The molecule has 0 spiro atoms. The largest absolute Gasteiger partial charge is 0.507 e. The molecule has 1 N–H and O–H groups in total. The van der Waals surface area contributed by atoms with Gasteiger partial charge in [0.05, 0.1) is 32.9 Å². The summed E-state index contributed by atoms with van der Waals surface area (Å²) in [6.45, 7) is 4.41. The van der Waals surface area contributed by atoms with Gasteiger partial charge in [0.1, 0.15) is 5.76 Å². The Labute approximate surface area is 185 Å². The molecule has 1 fully saturated rings. The maximum absolute atomic E-state index is 13.0. The van der Waals surface area contributed by atoms with Gasteiger partial charge in [-0.15, -0.1) is 0 Å². The Bertz CT molecular complexity index is 1060. The van der Waals surface area contributed by atoms with Crippen LogP contribution in [-0.4, -0.2) is 63.6 Å². The lowest BCUT2D eigenvalue weighted by molar-refractivity contribution is -0.140. The van der Waals surface area contributed by atoms with Crippen molar-refractivity contribution in [3.05, 3.63) is 56.3 Å². The Morgan fingerprint density at radius 2 is 1.87 bits per heavy atom. The Morgan fingerprint density at radius 3 is 2.40 bits per heavy atom. The molecule has 3 rings (SSSR count). The van der Waals surface area contributed by atoms with Crippen LogP contribution in [0.25, 0.3) is 5.76 Å². The van der Waals surface area contributed by atoms with E-state index in [1.807, 2.05) is 19.0 Å². The lowest BCUT2D eigenvalue weighted by Crippen LogP contribution is -2.35. The molecule has 0 saturated carbocycles. The summed E-state index contributed by atoms with van der Waals surface area (Å²) in [6.07, 6.45) is 0. The second kappa shape index (κ2) is 8.41. The van der Waals surface area contributed by atoms with Crippen LogP contribution >= 0.6 is 23.2 Å². The average Bonchev–Trinajstić information content (AvgIpc) is 3.07. The van der Waals surface area contributed by atoms with Crippen molar-refractivity contribution >= 4 is 40.7 Å². The molecule has 1 aliphatic heterocycles.